The minimum atomic E-state index is -0.424. The smallest absolute Gasteiger partial charge is 0.341 e. The molecule has 1 amide bonds. The molecule has 16 heavy (non-hydrogen) atoms. The lowest BCUT2D eigenvalue weighted by Gasteiger charge is -1.94. The average Bonchev–Trinajstić information content (AvgIpc) is 2.58. The molecule has 2 N–H and O–H groups in total. The summed E-state index contributed by atoms with van der Waals surface area (Å²) in [6, 6.07) is 1.62. The Labute approximate surface area is 97.3 Å². The summed E-state index contributed by atoms with van der Waals surface area (Å²) in [7, 11) is 1.32. The predicted molar refractivity (Wildman–Crippen MR) is 60.1 cm³/mol. The number of ether oxygens (including phenoxy) is 1. The number of primary amides is 1. The molecule has 0 unspecified atom stereocenters. The van der Waals surface area contributed by atoms with Gasteiger partial charge in [-0.2, -0.15) is 0 Å². The molecule has 0 aromatic carbocycles. The SMILES string of the molecule is COC(=O)c1cc(CSCC(N)=O)oc1C. The van der Waals surface area contributed by atoms with E-state index in [1.54, 1.807) is 13.0 Å². The van der Waals surface area contributed by atoms with E-state index in [0.717, 1.165) is 0 Å². The van der Waals surface area contributed by atoms with E-state index in [0.29, 0.717) is 22.8 Å². The van der Waals surface area contributed by atoms with Gasteiger partial charge in [0.15, 0.2) is 0 Å². The van der Waals surface area contributed by atoms with E-state index in [9.17, 15) is 9.59 Å². The third-order valence-electron chi connectivity index (χ3n) is 1.86. The quantitative estimate of drug-likeness (QED) is 0.783. The van der Waals surface area contributed by atoms with Crippen molar-refractivity contribution in [1.29, 1.82) is 0 Å². The van der Waals surface area contributed by atoms with Crippen LogP contribution in [0.3, 0.4) is 0 Å². The fourth-order valence-electron chi connectivity index (χ4n) is 1.18. The Morgan fingerprint density at radius 3 is 2.81 bits per heavy atom. The van der Waals surface area contributed by atoms with E-state index < -0.39 is 5.97 Å². The van der Waals surface area contributed by atoms with Crippen molar-refractivity contribution in [3.05, 3.63) is 23.2 Å². The van der Waals surface area contributed by atoms with E-state index in [2.05, 4.69) is 4.74 Å². The molecule has 88 valence electrons. The number of aryl methyl sites for hydroxylation is 1. The van der Waals surface area contributed by atoms with Gasteiger partial charge >= 0.3 is 5.97 Å². The number of amides is 1. The van der Waals surface area contributed by atoms with Crippen LogP contribution < -0.4 is 5.73 Å². The van der Waals surface area contributed by atoms with Crippen LogP contribution in [0.15, 0.2) is 10.5 Å². The molecule has 0 aliphatic heterocycles. The Morgan fingerprint density at radius 2 is 2.25 bits per heavy atom. The lowest BCUT2D eigenvalue weighted by Crippen LogP contribution is -2.13. The summed E-state index contributed by atoms with van der Waals surface area (Å²) in [5.41, 5.74) is 5.41. The fraction of sp³-hybridized carbons (Fsp3) is 0.400. The fourth-order valence-corrected chi connectivity index (χ4v) is 1.83. The molecule has 0 aliphatic rings. The highest BCUT2D eigenvalue weighted by molar-refractivity contribution is 7.99. The van der Waals surface area contributed by atoms with Gasteiger partial charge in [-0.25, -0.2) is 4.79 Å². The lowest BCUT2D eigenvalue weighted by atomic mass is 10.2. The average molecular weight is 243 g/mol. The predicted octanol–water partition coefficient (Wildman–Crippen LogP) is 1.09. The van der Waals surface area contributed by atoms with Gasteiger partial charge in [0.05, 0.1) is 18.6 Å². The molecule has 0 saturated carbocycles. The van der Waals surface area contributed by atoms with E-state index in [1.165, 1.54) is 18.9 Å². The molecule has 1 rings (SSSR count). The van der Waals surface area contributed by atoms with Crippen molar-refractivity contribution in [2.24, 2.45) is 5.73 Å². The number of furan rings is 1. The molecule has 0 radical (unpaired) electrons. The lowest BCUT2D eigenvalue weighted by molar-refractivity contribution is -0.115. The second-order valence-corrected chi connectivity index (χ2v) is 4.12. The van der Waals surface area contributed by atoms with Gasteiger partial charge in [0.25, 0.3) is 0 Å². The zero-order chi connectivity index (χ0) is 12.1. The first-order valence-electron chi connectivity index (χ1n) is 4.58. The summed E-state index contributed by atoms with van der Waals surface area (Å²) in [4.78, 5) is 21.8. The monoisotopic (exact) mass is 243 g/mol. The highest BCUT2D eigenvalue weighted by Crippen LogP contribution is 2.19. The topological polar surface area (TPSA) is 82.5 Å². The van der Waals surface area contributed by atoms with Crippen molar-refractivity contribution in [2.75, 3.05) is 12.9 Å². The van der Waals surface area contributed by atoms with Crippen LogP contribution in [0, 0.1) is 6.92 Å². The first-order valence-corrected chi connectivity index (χ1v) is 5.73. The zero-order valence-corrected chi connectivity index (χ0v) is 9.93. The van der Waals surface area contributed by atoms with Crippen molar-refractivity contribution in [3.8, 4) is 0 Å². The Hall–Kier alpha value is -1.43. The molecule has 6 heteroatoms. The molecule has 1 aromatic rings. The summed E-state index contributed by atoms with van der Waals surface area (Å²) in [6.45, 7) is 1.69. The number of carbonyl (C=O) groups excluding carboxylic acids is 2. The van der Waals surface area contributed by atoms with Crippen molar-refractivity contribution >= 4 is 23.6 Å². The molecular weight excluding hydrogens is 230 g/mol. The van der Waals surface area contributed by atoms with Crippen molar-refractivity contribution in [1.82, 2.24) is 0 Å². The van der Waals surface area contributed by atoms with Crippen LogP contribution >= 0.6 is 11.8 Å². The normalized spacial score (nSPS) is 10.1. The molecule has 0 aliphatic carbocycles. The highest BCUT2D eigenvalue weighted by Gasteiger charge is 2.15. The van der Waals surface area contributed by atoms with Crippen LogP contribution in [-0.2, 0) is 15.3 Å². The first kappa shape index (κ1) is 12.6. The molecule has 0 spiro atoms. The molecule has 5 nitrogen and oxygen atoms in total. The van der Waals surface area contributed by atoms with E-state index in [-0.39, 0.29) is 11.7 Å². The molecule has 0 bridgehead atoms. The second kappa shape index (κ2) is 5.60. The number of hydrogen-bond donors (Lipinski definition) is 1. The molecule has 0 saturated heterocycles. The van der Waals surface area contributed by atoms with Crippen LogP contribution in [-0.4, -0.2) is 24.7 Å². The number of methoxy groups -OCH3 is 1. The first-order chi connectivity index (χ1) is 7.54. The third-order valence-corrected chi connectivity index (χ3v) is 2.84. The summed E-state index contributed by atoms with van der Waals surface area (Å²) in [5, 5.41) is 0. The standard InChI is InChI=1S/C10H13NO4S/c1-6-8(10(13)14-2)3-7(15-6)4-16-5-9(11)12/h3H,4-5H2,1-2H3,(H2,11,12). The highest BCUT2D eigenvalue weighted by atomic mass is 32.2. The maximum atomic E-state index is 11.3. The van der Waals surface area contributed by atoms with Crippen LogP contribution in [0.1, 0.15) is 21.9 Å². The minimum absolute atomic E-state index is 0.229. The molecular formula is C10H13NO4S. The van der Waals surface area contributed by atoms with E-state index in [4.69, 9.17) is 10.2 Å². The van der Waals surface area contributed by atoms with Crippen LogP contribution in [0.5, 0.6) is 0 Å². The summed E-state index contributed by atoms with van der Waals surface area (Å²) in [6.07, 6.45) is 0. The van der Waals surface area contributed by atoms with E-state index in [1.807, 2.05) is 0 Å². The number of carbonyl (C=O) groups is 2. The summed E-state index contributed by atoms with van der Waals surface area (Å²) in [5.74, 6) is 1.08. The maximum absolute atomic E-state index is 11.3. The largest absolute Gasteiger partial charge is 0.465 e. The molecule has 0 fully saturated rings. The van der Waals surface area contributed by atoms with Gasteiger partial charge in [-0.15, -0.1) is 11.8 Å². The van der Waals surface area contributed by atoms with Gasteiger partial charge in [-0.05, 0) is 13.0 Å². The number of rotatable bonds is 5. The Bertz CT molecular complexity index is 400. The molecule has 1 aromatic heterocycles. The van der Waals surface area contributed by atoms with Gasteiger partial charge in [0, 0.05) is 0 Å². The maximum Gasteiger partial charge on any atom is 0.341 e. The Balaban J connectivity index is 2.62. The zero-order valence-electron chi connectivity index (χ0n) is 9.11. The van der Waals surface area contributed by atoms with E-state index >= 15 is 0 Å². The Morgan fingerprint density at radius 1 is 1.56 bits per heavy atom. The minimum Gasteiger partial charge on any atom is -0.465 e. The molecule has 0 atom stereocenters. The van der Waals surface area contributed by atoms with Crippen molar-refractivity contribution in [2.45, 2.75) is 12.7 Å². The number of esters is 1. The summed E-state index contributed by atoms with van der Waals surface area (Å²) < 4.78 is 9.94. The van der Waals surface area contributed by atoms with Crippen molar-refractivity contribution in [3.63, 3.8) is 0 Å². The second-order valence-electron chi connectivity index (χ2n) is 3.13. The Kier molecular flexibility index (Phi) is 4.42. The van der Waals surface area contributed by atoms with Gasteiger partial charge in [0.1, 0.15) is 17.1 Å². The number of nitrogens with two attached hydrogens (primary N) is 1. The number of thioether (sulfide) groups is 1. The summed E-state index contributed by atoms with van der Waals surface area (Å²) >= 11 is 1.34. The van der Waals surface area contributed by atoms with Gasteiger partial charge in [-0.3, -0.25) is 4.79 Å². The molecule has 1 heterocycles. The van der Waals surface area contributed by atoms with Crippen LogP contribution in [0.25, 0.3) is 0 Å². The van der Waals surface area contributed by atoms with Crippen LogP contribution in [0.4, 0.5) is 0 Å². The third kappa shape index (κ3) is 3.30. The van der Waals surface area contributed by atoms with Crippen LogP contribution in [0.2, 0.25) is 0 Å². The van der Waals surface area contributed by atoms with Gasteiger partial charge < -0.3 is 14.9 Å². The van der Waals surface area contributed by atoms with Crippen molar-refractivity contribution < 1.29 is 18.7 Å². The van der Waals surface area contributed by atoms with Gasteiger partial charge in [-0.1, -0.05) is 0 Å². The van der Waals surface area contributed by atoms with Gasteiger partial charge in [0.2, 0.25) is 5.91 Å². The number of hydrogen-bond acceptors (Lipinski definition) is 5.